The second-order valence-corrected chi connectivity index (χ2v) is 5.66. The van der Waals surface area contributed by atoms with Crippen LogP contribution in [0.15, 0.2) is 30.3 Å². The molecule has 0 saturated heterocycles. The number of aryl methyl sites for hydroxylation is 1. The first-order chi connectivity index (χ1) is 9.63. The fraction of sp³-hybridized carbons (Fsp3) is 0.0769. The largest absolute Gasteiger partial charge is 0.296 e. The topological polar surface area (TPSA) is 67.8 Å². The Bertz CT molecular complexity index is 802. The Morgan fingerprint density at radius 1 is 1.30 bits per heavy atom. The van der Waals surface area contributed by atoms with Gasteiger partial charge in [-0.05, 0) is 19.1 Å². The van der Waals surface area contributed by atoms with Gasteiger partial charge < -0.3 is 0 Å². The number of pyridine rings is 1. The highest BCUT2D eigenvalue weighted by molar-refractivity contribution is 7.15. The molecule has 7 heteroatoms. The molecule has 0 aliphatic heterocycles. The number of aromatic nitrogens is 3. The van der Waals surface area contributed by atoms with Gasteiger partial charge >= 0.3 is 0 Å². The fourth-order valence-corrected chi connectivity index (χ4v) is 2.63. The van der Waals surface area contributed by atoms with Crippen molar-refractivity contribution in [3.05, 3.63) is 46.1 Å². The number of rotatable bonds is 2. The van der Waals surface area contributed by atoms with E-state index in [1.54, 1.807) is 6.07 Å². The molecule has 1 amide bonds. The minimum Gasteiger partial charge on any atom is -0.296 e. The van der Waals surface area contributed by atoms with Crippen molar-refractivity contribution in [3.8, 4) is 0 Å². The van der Waals surface area contributed by atoms with Crippen molar-refractivity contribution in [2.45, 2.75) is 6.92 Å². The van der Waals surface area contributed by atoms with Crippen molar-refractivity contribution in [1.29, 1.82) is 0 Å². The zero-order valence-electron chi connectivity index (χ0n) is 10.4. The molecule has 0 spiro atoms. The first-order valence-electron chi connectivity index (χ1n) is 5.80. The Kier molecular flexibility index (Phi) is 3.33. The van der Waals surface area contributed by atoms with E-state index in [0.717, 1.165) is 10.4 Å². The van der Waals surface area contributed by atoms with E-state index in [-0.39, 0.29) is 11.1 Å². The van der Waals surface area contributed by atoms with Gasteiger partial charge in [-0.15, -0.1) is 10.2 Å². The summed E-state index contributed by atoms with van der Waals surface area (Å²) >= 11 is 7.28. The summed E-state index contributed by atoms with van der Waals surface area (Å²) in [6, 6.07) is 8.89. The third-order valence-corrected chi connectivity index (χ3v) is 3.62. The number of halogens is 1. The van der Waals surface area contributed by atoms with Crippen molar-refractivity contribution in [2.24, 2.45) is 0 Å². The van der Waals surface area contributed by atoms with E-state index in [1.165, 1.54) is 11.3 Å². The van der Waals surface area contributed by atoms with E-state index in [1.807, 2.05) is 31.2 Å². The standard InChI is InChI=1S/C13H9ClN4OS/c1-7-17-18-13(20-7)16-12(19)9-6-11(14)15-10-5-3-2-4-8(9)10/h2-6H,1H3,(H,16,18,19). The molecule has 0 atom stereocenters. The van der Waals surface area contributed by atoms with Gasteiger partial charge in [-0.2, -0.15) is 0 Å². The molecule has 2 aromatic heterocycles. The molecule has 0 fully saturated rings. The molecule has 0 aliphatic rings. The number of nitrogens with zero attached hydrogens (tertiary/aromatic N) is 3. The van der Waals surface area contributed by atoms with Crippen LogP contribution in [0.2, 0.25) is 5.15 Å². The van der Waals surface area contributed by atoms with Gasteiger partial charge in [0.2, 0.25) is 5.13 Å². The number of hydrogen-bond acceptors (Lipinski definition) is 5. The Morgan fingerprint density at radius 2 is 2.10 bits per heavy atom. The highest BCUT2D eigenvalue weighted by Crippen LogP contribution is 2.22. The van der Waals surface area contributed by atoms with Crippen LogP contribution in [0.1, 0.15) is 15.4 Å². The number of benzene rings is 1. The average molecular weight is 305 g/mol. The molecular weight excluding hydrogens is 296 g/mol. The summed E-state index contributed by atoms with van der Waals surface area (Å²) in [6.07, 6.45) is 0. The van der Waals surface area contributed by atoms with Gasteiger partial charge in [0.15, 0.2) is 0 Å². The minimum atomic E-state index is -0.276. The van der Waals surface area contributed by atoms with Crippen LogP contribution in [0.3, 0.4) is 0 Å². The van der Waals surface area contributed by atoms with E-state index in [2.05, 4.69) is 20.5 Å². The van der Waals surface area contributed by atoms with Crippen molar-refractivity contribution in [1.82, 2.24) is 15.2 Å². The zero-order valence-corrected chi connectivity index (χ0v) is 12.0. The maximum Gasteiger partial charge on any atom is 0.258 e. The molecule has 20 heavy (non-hydrogen) atoms. The van der Waals surface area contributed by atoms with Gasteiger partial charge in [0.1, 0.15) is 10.2 Å². The summed E-state index contributed by atoms with van der Waals surface area (Å²) in [6.45, 7) is 1.83. The highest BCUT2D eigenvalue weighted by atomic mass is 35.5. The number of nitrogens with one attached hydrogen (secondary N) is 1. The molecule has 0 aliphatic carbocycles. The first kappa shape index (κ1) is 13.0. The summed E-state index contributed by atoms with van der Waals surface area (Å²) in [4.78, 5) is 16.5. The number of carbonyl (C=O) groups is 1. The lowest BCUT2D eigenvalue weighted by molar-refractivity contribution is 0.102. The lowest BCUT2D eigenvalue weighted by Crippen LogP contribution is -2.12. The highest BCUT2D eigenvalue weighted by Gasteiger charge is 2.14. The summed E-state index contributed by atoms with van der Waals surface area (Å²) in [5.74, 6) is -0.276. The molecule has 3 rings (SSSR count). The van der Waals surface area contributed by atoms with E-state index >= 15 is 0 Å². The van der Waals surface area contributed by atoms with Crippen LogP contribution in [0.4, 0.5) is 5.13 Å². The summed E-state index contributed by atoms with van der Waals surface area (Å²) < 4.78 is 0. The van der Waals surface area contributed by atoms with Crippen molar-refractivity contribution in [3.63, 3.8) is 0 Å². The number of para-hydroxylation sites is 1. The molecule has 3 aromatic rings. The first-order valence-corrected chi connectivity index (χ1v) is 6.99. The Labute approximate surface area is 123 Å². The molecule has 0 radical (unpaired) electrons. The van der Waals surface area contributed by atoms with Gasteiger partial charge in [-0.1, -0.05) is 41.1 Å². The van der Waals surface area contributed by atoms with Gasteiger partial charge in [0, 0.05) is 5.39 Å². The monoisotopic (exact) mass is 304 g/mol. The van der Waals surface area contributed by atoms with E-state index in [4.69, 9.17) is 11.6 Å². The number of anilines is 1. The molecule has 2 heterocycles. The maximum absolute atomic E-state index is 12.3. The van der Waals surface area contributed by atoms with Crippen LogP contribution in [0.25, 0.3) is 10.9 Å². The van der Waals surface area contributed by atoms with Crippen LogP contribution in [0, 0.1) is 6.92 Å². The SMILES string of the molecule is Cc1nnc(NC(=O)c2cc(Cl)nc3ccccc23)s1. The number of hydrogen-bond donors (Lipinski definition) is 1. The van der Waals surface area contributed by atoms with E-state index in [0.29, 0.717) is 16.2 Å². The van der Waals surface area contributed by atoms with Gasteiger partial charge in [-0.3, -0.25) is 10.1 Å². The van der Waals surface area contributed by atoms with Crippen molar-refractivity contribution < 1.29 is 4.79 Å². The predicted molar refractivity (Wildman–Crippen MR) is 79.4 cm³/mol. The average Bonchev–Trinajstić information content (AvgIpc) is 2.83. The quantitative estimate of drug-likeness (QED) is 0.738. The number of carbonyl (C=O) groups excluding carboxylic acids is 1. The van der Waals surface area contributed by atoms with Crippen molar-refractivity contribution >= 4 is 44.9 Å². The summed E-state index contributed by atoms with van der Waals surface area (Å²) in [5.41, 5.74) is 1.15. The molecule has 1 N–H and O–H groups in total. The molecule has 1 aromatic carbocycles. The summed E-state index contributed by atoms with van der Waals surface area (Å²) in [7, 11) is 0. The van der Waals surface area contributed by atoms with E-state index in [9.17, 15) is 4.79 Å². The number of amides is 1. The Balaban J connectivity index is 2.02. The van der Waals surface area contributed by atoms with Crippen LogP contribution in [-0.2, 0) is 0 Å². The molecule has 0 unspecified atom stereocenters. The zero-order chi connectivity index (χ0) is 14.1. The second-order valence-electron chi connectivity index (χ2n) is 4.09. The smallest absolute Gasteiger partial charge is 0.258 e. The van der Waals surface area contributed by atoms with Crippen LogP contribution in [0.5, 0.6) is 0 Å². The molecule has 100 valence electrons. The van der Waals surface area contributed by atoms with Crippen LogP contribution >= 0.6 is 22.9 Å². The van der Waals surface area contributed by atoms with Crippen LogP contribution < -0.4 is 5.32 Å². The van der Waals surface area contributed by atoms with Crippen molar-refractivity contribution in [2.75, 3.05) is 5.32 Å². The third-order valence-electron chi connectivity index (χ3n) is 2.68. The number of fused-ring (bicyclic) bond motifs is 1. The van der Waals surface area contributed by atoms with E-state index < -0.39 is 0 Å². The minimum absolute atomic E-state index is 0.276. The third kappa shape index (κ3) is 2.48. The molecular formula is C13H9ClN4OS. The Morgan fingerprint density at radius 3 is 2.85 bits per heavy atom. The van der Waals surface area contributed by atoms with Gasteiger partial charge in [0.05, 0.1) is 11.1 Å². The maximum atomic E-state index is 12.3. The fourth-order valence-electron chi connectivity index (χ4n) is 1.84. The lowest BCUT2D eigenvalue weighted by Gasteiger charge is -2.06. The van der Waals surface area contributed by atoms with Crippen LogP contribution in [-0.4, -0.2) is 21.1 Å². The lowest BCUT2D eigenvalue weighted by atomic mass is 10.1. The molecule has 0 bridgehead atoms. The predicted octanol–water partition coefficient (Wildman–Crippen LogP) is 3.30. The second kappa shape index (κ2) is 5.15. The van der Waals surface area contributed by atoms with Gasteiger partial charge in [-0.25, -0.2) is 4.98 Å². The Hall–Kier alpha value is -2.05. The molecule has 5 nitrogen and oxygen atoms in total. The molecule has 0 saturated carbocycles. The normalized spacial score (nSPS) is 10.7. The summed E-state index contributed by atoms with van der Waals surface area (Å²) in [5, 5.41) is 12.7. The van der Waals surface area contributed by atoms with Gasteiger partial charge in [0.25, 0.3) is 5.91 Å².